The van der Waals surface area contributed by atoms with Crippen LogP contribution in [0.3, 0.4) is 0 Å². The van der Waals surface area contributed by atoms with E-state index in [4.69, 9.17) is 23.2 Å². The van der Waals surface area contributed by atoms with Gasteiger partial charge in [0.2, 0.25) is 5.13 Å². The zero-order valence-corrected chi connectivity index (χ0v) is 11.0. The fourth-order valence-electron chi connectivity index (χ4n) is 1.20. The van der Waals surface area contributed by atoms with Gasteiger partial charge in [-0.3, -0.25) is 10.1 Å². The van der Waals surface area contributed by atoms with Crippen LogP contribution in [0.5, 0.6) is 0 Å². The van der Waals surface area contributed by atoms with Crippen LogP contribution in [0.15, 0.2) is 18.2 Å². The van der Waals surface area contributed by atoms with Gasteiger partial charge < -0.3 is 0 Å². The Bertz CT molecular complexity index is 550. The number of aryl methyl sites for hydroxylation is 1. The maximum Gasteiger partial charge on any atom is 0.257 e. The first-order chi connectivity index (χ1) is 8.04. The molecular formula is C10H7Cl2N3OS. The Morgan fingerprint density at radius 1 is 1.24 bits per heavy atom. The van der Waals surface area contributed by atoms with Crippen LogP contribution in [-0.4, -0.2) is 16.1 Å². The van der Waals surface area contributed by atoms with Crippen LogP contribution in [0, 0.1) is 6.92 Å². The van der Waals surface area contributed by atoms with E-state index in [2.05, 4.69) is 15.5 Å². The van der Waals surface area contributed by atoms with Gasteiger partial charge in [0.15, 0.2) is 0 Å². The third-order valence-corrected chi connectivity index (χ3v) is 3.06. The lowest BCUT2D eigenvalue weighted by molar-refractivity contribution is 0.102. The molecule has 2 rings (SSSR count). The molecule has 0 unspecified atom stereocenters. The summed E-state index contributed by atoms with van der Waals surface area (Å²) >= 11 is 12.9. The van der Waals surface area contributed by atoms with E-state index in [1.54, 1.807) is 6.07 Å². The summed E-state index contributed by atoms with van der Waals surface area (Å²) in [5.41, 5.74) is 0.385. The van der Waals surface area contributed by atoms with Crippen molar-refractivity contribution in [2.75, 3.05) is 5.32 Å². The standard InChI is InChI=1S/C10H7Cl2N3OS/c1-5-14-15-10(17-5)13-9(16)6-2-7(11)4-8(12)3-6/h2-4H,1H3,(H,13,15,16). The molecule has 0 radical (unpaired) electrons. The minimum atomic E-state index is -0.314. The van der Waals surface area contributed by atoms with Crippen molar-refractivity contribution >= 4 is 45.6 Å². The molecule has 1 amide bonds. The van der Waals surface area contributed by atoms with E-state index in [0.29, 0.717) is 20.7 Å². The third-order valence-electron chi connectivity index (χ3n) is 1.87. The molecule has 17 heavy (non-hydrogen) atoms. The molecule has 0 aliphatic rings. The minimum Gasteiger partial charge on any atom is -0.296 e. The summed E-state index contributed by atoms with van der Waals surface area (Å²) in [6, 6.07) is 4.64. The van der Waals surface area contributed by atoms with Gasteiger partial charge in [0, 0.05) is 15.6 Å². The summed E-state index contributed by atoms with van der Waals surface area (Å²) in [7, 11) is 0. The molecule has 2 aromatic rings. The van der Waals surface area contributed by atoms with E-state index in [0.717, 1.165) is 5.01 Å². The highest BCUT2D eigenvalue weighted by Gasteiger charge is 2.10. The lowest BCUT2D eigenvalue weighted by atomic mass is 10.2. The third kappa shape index (κ3) is 3.15. The fraction of sp³-hybridized carbons (Fsp3) is 0.100. The molecule has 1 heterocycles. The minimum absolute atomic E-state index is 0.314. The SMILES string of the molecule is Cc1nnc(NC(=O)c2cc(Cl)cc(Cl)c2)s1. The van der Waals surface area contributed by atoms with Crippen molar-refractivity contribution in [3.8, 4) is 0 Å². The molecule has 1 aromatic carbocycles. The van der Waals surface area contributed by atoms with Crippen molar-refractivity contribution in [2.45, 2.75) is 6.92 Å². The molecule has 4 nitrogen and oxygen atoms in total. The summed E-state index contributed by atoms with van der Waals surface area (Å²) in [6.45, 7) is 1.81. The predicted octanol–water partition coefficient (Wildman–Crippen LogP) is 3.41. The van der Waals surface area contributed by atoms with Gasteiger partial charge in [-0.2, -0.15) is 0 Å². The number of carbonyl (C=O) groups is 1. The van der Waals surface area contributed by atoms with Crippen molar-refractivity contribution in [3.05, 3.63) is 38.8 Å². The van der Waals surface area contributed by atoms with E-state index < -0.39 is 0 Å². The maximum atomic E-state index is 11.8. The number of anilines is 1. The first-order valence-electron chi connectivity index (χ1n) is 4.62. The van der Waals surface area contributed by atoms with Crippen LogP contribution < -0.4 is 5.32 Å². The molecule has 0 saturated carbocycles. The Labute approximate surface area is 112 Å². The second-order valence-electron chi connectivity index (χ2n) is 3.24. The lowest BCUT2D eigenvalue weighted by Gasteiger charge is -2.02. The highest BCUT2D eigenvalue weighted by Crippen LogP contribution is 2.20. The van der Waals surface area contributed by atoms with Gasteiger partial charge in [0.1, 0.15) is 5.01 Å². The Hall–Kier alpha value is -1.17. The zero-order chi connectivity index (χ0) is 12.4. The number of benzene rings is 1. The van der Waals surface area contributed by atoms with Gasteiger partial charge in [0.05, 0.1) is 0 Å². The Balaban J connectivity index is 2.19. The summed E-state index contributed by atoms with van der Waals surface area (Å²) < 4.78 is 0. The summed E-state index contributed by atoms with van der Waals surface area (Å²) in [5, 5.41) is 12.3. The molecule has 1 N–H and O–H groups in total. The molecule has 88 valence electrons. The van der Waals surface area contributed by atoms with Crippen molar-refractivity contribution in [3.63, 3.8) is 0 Å². The first-order valence-corrected chi connectivity index (χ1v) is 6.19. The van der Waals surface area contributed by atoms with E-state index >= 15 is 0 Å². The summed E-state index contributed by atoms with van der Waals surface area (Å²) in [5.74, 6) is -0.314. The van der Waals surface area contributed by atoms with Gasteiger partial charge in [-0.05, 0) is 25.1 Å². The molecule has 0 atom stereocenters. The average molecular weight is 288 g/mol. The largest absolute Gasteiger partial charge is 0.296 e. The van der Waals surface area contributed by atoms with Crippen molar-refractivity contribution in [2.24, 2.45) is 0 Å². The summed E-state index contributed by atoms with van der Waals surface area (Å²) in [6.07, 6.45) is 0. The molecule has 1 aromatic heterocycles. The first kappa shape index (κ1) is 12.3. The molecule has 7 heteroatoms. The molecule has 0 saturated heterocycles. The van der Waals surface area contributed by atoms with Gasteiger partial charge in [-0.15, -0.1) is 10.2 Å². The van der Waals surface area contributed by atoms with E-state index in [9.17, 15) is 4.79 Å². The van der Waals surface area contributed by atoms with Gasteiger partial charge in [-0.1, -0.05) is 34.5 Å². The molecule has 0 fully saturated rings. The number of nitrogens with one attached hydrogen (secondary N) is 1. The monoisotopic (exact) mass is 287 g/mol. The lowest BCUT2D eigenvalue weighted by Crippen LogP contribution is -2.11. The average Bonchev–Trinajstić information content (AvgIpc) is 2.62. The van der Waals surface area contributed by atoms with Crippen LogP contribution in [0.4, 0.5) is 5.13 Å². The second-order valence-corrected chi connectivity index (χ2v) is 5.29. The van der Waals surface area contributed by atoms with E-state index in [-0.39, 0.29) is 5.91 Å². The van der Waals surface area contributed by atoms with Crippen molar-refractivity contribution in [1.82, 2.24) is 10.2 Å². The molecule has 0 aliphatic carbocycles. The van der Waals surface area contributed by atoms with E-state index in [1.165, 1.54) is 23.5 Å². The maximum absolute atomic E-state index is 11.8. The van der Waals surface area contributed by atoms with Gasteiger partial charge in [-0.25, -0.2) is 0 Å². The molecule has 0 bridgehead atoms. The van der Waals surface area contributed by atoms with Crippen LogP contribution in [0.2, 0.25) is 10.0 Å². The normalized spacial score (nSPS) is 10.3. The number of nitrogens with zero attached hydrogens (tertiary/aromatic N) is 2. The number of amides is 1. The molecular weight excluding hydrogens is 281 g/mol. The Morgan fingerprint density at radius 2 is 1.88 bits per heavy atom. The van der Waals surface area contributed by atoms with E-state index in [1.807, 2.05) is 6.92 Å². The van der Waals surface area contributed by atoms with Crippen LogP contribution >= 0.6 is 34.5 Å². The quantitative estimate of drug-likeness (QED) is 0.921. The number of carbonyl (C=O) groups excluding carboxylic acids is 1. The number of rotatable bonds is 2. The number of aromatic nitrogens is 2. The van der Waals surface area contributed by atoms with Crippen molar-refractivity contribution < 1.29 is 4.79 Å². The number of halogens is 2. The fourth-order valence-corrected chi connectivity index (χ4v) is 2.31. The highest BCUT2D eigenvalue weighted by atomic mass is 35.5. The smallest absolute Gasteiger partial charge is 0.257 e. The van der Waals surface area contributed by atoms with Crippen LogP contribution in [0.25, 0.3) is 0 Å². The van der Waals surface area contributed by atoms with Crippen LogP contribution in [-0.2, 0) is 0 Å². The predicted molar refractivity (Wildman–Crippen MR) is 69.1 cm³/mol. The summed E-state index contributed by atoms with van der Waals surface area (Å²) in [4.78, 5) is 11.8. The highest BCUT2D eigenvalue weighted by molar-refractivity contribution is 7.15. The molecule has 0 spiro atoms. The number of hydrogen-bond acceptors (Lipinski definition) is 4. The number of hydrogen-bond donors (Lipinski definition) is 1. The Kier molecular flexibility index (Phi) is 3.61. The Morgan fingerprint density at radius 3 is 2.41 bits per heavy atom. The van der Waals surface area contributed by atoms with Crippen molar-refractivity contribution in [1.29, 1.82) is 0 Å². The van der Waals surface area contributed by atoms with Crippen LogP contribution in [0.1, 0.15) is 15.4 Å². The van der Waals surface area contributed by atoms with Gasteiger partial charge in [0.25, 0.3) is 5.91 Å². The zero-order valence-electron chi connectivity index (χ0n) is 8.70. The molecule has 0 aliphatic heterocycles. The second kappa shape index (κ2) is 5.00. The topological polar surface area (TPSA) is 54.9 Å². The van der Waals surface area contributed by atoms with Gasteiger partial charge >= 0.3 is 0 Å².